The quantitative estimate of drug-likeness (QED) is 0.0727. The molecule has 0 radical (unpaired) electrons. The first-order chi connectivity index (χ1) is 28.9. The Labute approximate surface area is 352 Å². The van der Waals surface area contributed by atoms with Crippen molar-refractivity contribution in [1.29, 1.82) is 0 Å². The lowest BCUT2D eigenvalue weighted by molar-refractivity contribution is -0.145. The van der Waals surface area contributed by atoms with Gasteiger partial charge in [0.1, 0.15) is 42.3 Å². The predicted molar refractivity (Wildman–Crippen MR) is 213 cm³/mol. The van der Waals surface area contributed by atoms with Crippen molar-refractivity contribution in [1.82, 2.24) is 36.0 Å². The summed E-state index contributed by atoms with van der Waals surface area (Å²) in [5, 5.41) is 38.4. The average Bonchev–Trinajstić information content (AvgIpc) is 4.02. The highest BCUT2D eigenvalue weighted by atomic mass is 16.4. The summed E-state index contributed by atoms with van der Waals surface area (Å²) in [6.45, 7) is 3.15. The van der Waals surface area contributed by atoms with Gasteiger partial charge in [0, 0.05) is 38.9 Å². The molecule has 3 aliphatic heterocycles. The van der Waals surface area contributed by atoms with Crippen molar-refractivity contribution >= 4 is 59.3 Å². The van der Waals surface area contributed by atoms with Crippen LogP contribution in [0, 0.1) is 0 Å². The standard InChI is InChI=1S/C40H56N8O13/c1-22(41)37(57)46-18-6-12-29(46)35(55)44-26(15-17-32(51)52)39(59)48-20-8-13-30(48)36(56)45-27(21-24-9-4-3-5-10-24)33(53)43-25(14-16-31(49)50)38(58)47-19-7-11-28(47)34(54)42-23(2)40(60)61/h3-5,9-10,22-23,25-30H,6-8,11-21,41H2,1-2H3,(H,42,54)(H,43,53)(H,44,55)(H,45,56)(H,49,50)(H,51,52)(H,60,61)/t22-,23-,25-,26-,27-,28-,29-,30-/m0/s1. The van der Waals surface area contributed by atoms with Crippen LogP contribution in [0.3, 0.4) is 0 Å². The van der Waals surface area contributed by atoms with Gasteiger partial charge < -0.3 is 57.0 Å². The van der Waals surface area contributed by atoms with E-state index in [4.69, 9.17) is 5.73 Å². The summed E-state index contributed by atoms with van der Waals surface area (Å²) in [5.41, 5.74) is 6.37. The van der Waals surface area contributed by atoms with Crippen LogP contribution in [0.25, 0.3) is 0 Å². The Morgan fingerprint density at radius 3 is 1.44 bits per heavy atom. The zero-order valence-corrected chi connectivity index (χ0v) is 34.2. The number of amides is 7. The minimum Gasteiger partial charge on any atom is -0.481 e. The van der Waals surface area contributed by atoms with Crippen molar-refractivity contribution in [2.24, 2.45) is 5.73 Å². The zero-order chi connectivity index (χ0) is 45.0. The summed E-state index contributed by atoms with van der Waals surface area (Å²) in [6.07, 6.45) is 0.0242. The van der Waals surface area contributed by atoms with E-state index in [0.29, 0.717) is 31.2 Å². The second kappa shape index (κ2) is 21.9. The number of carbonyl (C=O) groups is 10. The molecular formula is C40H56N8O13. The Morgan fingerprint density at radius 1 is 0.607 bits per heavy atom. The van der Waals surface area contributed by atoms with Crippen molar-refractivity contribution in [2.75, 3.05) is 19.6 Å². The number of hydrogen-bond acceptors (Lipinski definition) is 11. The lowest BCUT2D eigenvalue weighted by Gasteiger charge is -2.32. The number of nitrogens with one attached hydrogen (secondary N) is 4. The van der Waals surface area contributed by atoms with Crippen LogP contribution in [-0.2, 0) is 54.4 Å². The third-order valence-electron chi connectivity index (χ3n) is 11.1. The van der Waals surface area contributed by atoms with Crippen molar-refractivity contribution in [3.05, 3.63) is 35.9 Å². The minimum absolute atomic E-state index is 0.0617. The van der Waals surface area contributed by atoms with Crippen LogP contribution in [-0.4, -0.2) is 157 Å². The van der Waals surface area contributed by atoms with Crippen LogP contribution >= 0.6 is 0 Å². The Balaban J connectivity index is 1.55. The molecular weight excluding hydrogens is 800 g/mol. The third kappa shape index (κ3) is 12.9. The largest absolute Gasteiger partial charge is 0.481 e. The number of likely N-dealkylation sites (tertiary alicyclic amines) is 3. The first kappa shape index (κ1) is 47.6. The van der Waals surface area contributed by atoms with Gasteiger partial charge in [0.2, 0.25) is 41.4 Å². The number of benzene rings is 1. The lowest BCUT2D eigenvalue weighted by Crippen LogP contribution is -2.60. The maximum Gasteiger partial charge on any atom is 0.325 e. The highest BCUT2D eigenvalue weighted by Crippen LogP contribution is 2.23. The van der Waals surface area contributed by atoms with E-state index in [2.05, 4.69) is 21.3 Å². The second-order valence-corrected chi connectivity index (χ2v) is 15.7. The molecule has 0 aromatic heterocycles. The van der Waals surface area contributed by atoms with Crippen molar-refractivity contribution in [3.8, 4) is 0 Å². The molecule has 21 heteroatoms. The Kier molecular flexibility index (Phi) is 17.1. The fourth-order valence-corrected chi connectivity index (χ4v) is 7.86. The van der Waals surface area contributed by atoms with Crippen molar-refractivity contribution in [3.63, 3.8) is 0 Å². The molecule has 8 atom stereocenters. The number of carbonyl (C=O) groups excluding carboxylic acids is 7. The van der Waals surface area contributed by atoms with E-state index in [1.54, 1.807) is 30.3 Å². The molecule has 0 spiro atoms. The van der Waals surface area contributed by atoms with Gasteiger partial charge in [-0.3, -0.25) is 47.9 Å². The van der Waals surface area contributed by atoms with E-state index in [1.165, 1.54) is 28.5 Å². The first-order valence-electron chi connectivity index (χ1n) is 20.5. The first-order valence-corrected chi connectivity index (χ1v) is 20.5. The molecule has 3 heterocycles. The molecule has 0 saturated carbocycles. The molecule has 1 aromatic rings. The van der Waals surface area contributed by atoms with Crippen molar-refractivity contribution < 1.29 is 63.3 Å². The van der Waals surface area contributed by atoms with E-state index >= 15 is 0 Å². The van der Waals surface area contributed by atoms with Crippen LogP contribution in [0.1, 0.15) is 83.6 Å². The molecule has 334 valence electrons. The molecule has 4 rings (SSSR count). The molecule has 0 bridgehead atoms. The molecule has 21 nitrogen and oxygen atoms in total. The van der Waals surface area contributed by atoms with E-state index in [9.17, 15) is 63.3 Å². The van der Waals surface area contributed by atoms with Crippen LogP contribution in [0.5, 0.6) is 0 Å². The van der Waals surface area contributed by atoms with E-state index in [-0.39, 0.29) is 51.7 Å². The Hall–Kier alpha value is -6.12. The van der Waals surface area contributed by atoms with Gasteiger partial charge in [-0.05, 0) is 70.8 Å². The molecule has 61 heavy (non-hydrogen) atoms. The van der Waals surface area contributed by atoms with Crippen LogP contribution in [0.2, 0.25) is 0 Å². The normalized spacial score (nSPS) is 21.0. The van der Waals surface area contributed by atoms with Crippen LogP contribution in [0.4, 0.5) is 0 Å². The monoisotopic (exact) mass is 856 g/mol. The minimum atomic E-state index is -1.47. The van der Waals surface area contributed by atoms with Gasteiger partial charge in [-0.25, -0.2) is 0 Å². The SMILES string of the molecule is C[C@H](N)C(=O)N1CCC[C@H]1C(=O)N[C@@H](CCC(=O)O)C(=O)N1CCC[C@H]1C(=O)N[C@@H](Cc1ccccc1)C(=O)N[C@@H](CCC(=O)O)C(=O)N1CCC[C@H]1C(=O)N[C@@H](C)C(=O)O. The smallest absolute Gasteiger partial charge is 0.325 e. The second-order valence-electron chi connectivity index (χ2n) is 15.7. The molecule has 7 amide bonds. The fraction of sp³-hybridized carbons (Fsp3) is 0.600. The van der Waals surface area contributed by atoms with Gasteiger partial charge in [0.25, 0.3) is 0 Å². The third-order valence-corrected chi connectivity index (χ3v) is 11.1. The predicted octanol–water partition coefficient (Wildman–Crippen LogP) is -1.68. The number of carboxylic acids is 3. The summed E-state index contributed by atoms with van der Waals surface area (Å²) in [4.78, 5) is 134. The average molecular weight is 857 g/mol. The number of hydrogen-bond donors (Lipinski definition) is 8. The molecule has 3 fully saturated rings. The number of rotatable bonds is 20. The van der Waals surface area contributed by atoms with E-state index in [1.807, 2.05) is 0 Å². The molecule has 0 aliphatic carbocycles. The molecule has 0 unspecified atom stereocenters. The molecule has 3 saturated heterocycles. The molecule has 1 aromatic carbocycles. The highest BCUT2D eigenvalue weighted by Gasteiger charge is 2.43. The van der Waals surface area contributed by atoms with Gasteiger partial charge in [0.05, 0.1) is 6.04 Å². The summed E-state index contributed by atoms with van der Waals surface area (Å²) in [5.74, 6) is -8.78. The fourth-order valence-electron chi connectivity index (χ4n) is 7.86. The number of aliphatic carboxylic acids is 3. The maximum absolute atomic E-state index is 14.1. The van der Waals surface area contributed by atoms with E-state index in [0.717, 1.165) is 0 Å². The summed E-state index contributed by atoms with van der Waals surface area (Å²) in [6, 6.07) is -0.996. The van der Waals surface area contributed by atoms with Gasteiger partial charge in [0.15, 0.2) is 0 Å². The van der Waals surface area contributed by atoms with E-state index < -0.39 is 120 Å². The van der Waals surface area contributed by atoms with Gasteiger partial charge in [-0.2, -0.15) is 0 Å². The van der Waals surface area contributed by atoms with Crippen molar-refractivity contribution in [2.45, 2.75) is 133 Å². The summed E-state index contributed by atoms with van der Waals surface area (Å²) in [7, 11) is 0. The Morgan fingerprint density at radius 2 is 1.02 bits per heavy atom. The molecule has 3 aliphatic rings. The number of carboxylic acid groups (broad SMARTS) is 3. The zero-order valence-electron chi connectivity index (χ0n) is 34.2. The van der Waals surface area contributed by atoms with Crippen LogP contribution in [0.15, 0.2) is 30.3 Å². The topological polar surface area (TPSA) is 315 Å². The summed E-state index contributed by atoms with van der Waals surface area (Å²) >= 11 is 0. The summed E-state index contributed by atoms with van der Waals surface area (Å²) < 4.78 is 0. The lowest BCUT2D eigenvalue weighted by atomic mass is 10.0. The Bertz CT molecular complexity index is 1830. The number of nitrogens with two attached hydrogens (primary N) is 1. The van der Waals surface area contributed by atoms with Gasteiger partial charge in [-0.1, -0.05) is 30.3 Å². The van der Waals surface area contributed by atoms with Gasteiger partial charge in [-0.15, -0.1) is 0 Å². The molecule has 9 N–H and O–H groups in total. The maximum atomic E-state index is 14.1. The highest BCUT2D eigenvalue weighted by molar-refractivity contribution is 5.98. The van der Waals surface area contributed by atoms with Gasteiger partial charge >= 0.3 is 17.9 Å². The van der Waals surface area contributed by atoms with Crippen LogP contribution < -0.4 is 27.0 Å². The number of nitrogens with zero attached hydrogens (tertiary/aromatic N) is 3.